The maximum atomic E-state index is 12.7. The fraction of sp³-hybridized carbons (Fsp3) is 0.263. The number of halogens is 1. The van der Waals surface area contributed by atoms with Crippen LogP contribution in [0.2, 0.25) is 5.02 Å². The number of aryl methyl sites for hydroxylation is 1. The highest BCUT2D eigenvalue weighted by molar-refractivity contribution is 7.89. The Kier molecular flexibility index (Phi) is 4.10. The van der Waals surface area contributed by atoms with Gasteiger partial charge in [0.1, 0.15) is 4.90 Å². The molecule has 4 nitrogen and oxygen atoms in total. The summed E-state index contributed by atoms with van der Waals surface area (Å²) >= 11 is 6.07. The van der Waals surface area contributed by atoms with Gasteiger partial charge in [0.2, 0.25) is 10.0 Å². The van der Waals surface area contributed by atoms with Crippen LogP contribution >= 0.6 is 11.6 Å². The first-order valence-corrected chi connectivity index (χ1v) is 10.2. The largest absolute Gasteiger partial charge is 0.347 e. The lowest BCUT2D eigenvalue weighted by molar-refractivity contribution is 0.501. The van der Waals surface area contributed by atoms with E-state index >= 15 is 0 Å². The van der Waals surface area contributed by atoms with Crippen LogP contribution in [0.4, 0.5) is 0 Å². The Labute approximate surface area is 152 Å². The van der Waals surface area contributed by atoms with Gasteiger partial charge in [0.15, 0.2) is 0 Å². The quantitative estimate of drug-likeness (QED) is 0.760. The lowest BCUT2D eigenvalue weighted by Gasteiger charge is -2.24. The monoisotopic (exact) mass is 374 g/mol. The molecule has 1 aliphatic rings. The summed E-state index contributed by atoms with van der Waals surface area (Å²) in [6.07, 6.45) is 2.33. The Morgan fingerprint density at radius 2 is 1.84 bits per heavy atom. The highest BCUT2D eigenvalue weighted by atomic mass is 35.5. The van der Waals surface area contributed by atoms with Crippen LogP contribution in [0, 0.1) is 0 Å². The van der Waals surface area contributed by atoms with E-state index in [-0.39, 0.29) is 16.0 Å². The maximum absolute atomic E-state index is 12.7. The second-order valence-corrected chi connectivity index (χ2v) is 8.58. The zero-order valence-electron chi connectivity index (χ0n) is 13.9. The first-order chi connectivity index (χ1) is 12.0. The van der Waals surface area contributed by atoms with E-state index in [1.807, 2.05) is 12.1 Å². The van der Waals surface area contributed by atoms with Crippen LogP contribution in [0.5, 0.6) is 0 Å². The van der Waals surface area contributed by atoms with Gasteiger partial charge in [-0.25, -0.2) is 13.1 Å². The third-order valence-electron chi connectivity index (χ3n) is 4.97. The van der Waals surface area contributed by atoms with E-state index in [1.54, 1.807) is 18.2 Å². The normalized spacial score (nSPS) is 17.6. The molecule has 0 amide bonds. The molecule has 6 heteroatoms. The Balaban J connectivity index is 1.65. The number of nitrogens with zero attached hydrogens (tertiary/aromatic N) is 1. The third kappa shape index (κ3) is 2.86. The van der Waals surface area contributed by atoms with E-state index in [1.165, 1.54) is 28.2 Å². The first-order valence-electron chi connectivity index (χ1n) is 8.29. The first kappa shape index (κ1) is 16.6. The number of benzene rings is 2. The van der Waals surface area contributed by atoms with Crippen molar-refractivity contribution in [1.82, 2.24) is 9.29 Å². The van der Waals surface area contributed by atoms with Crippen LogP contribution in [0.3, 0.4) is 0 Å². The number of hydrogen-bond acceptors (Lipinski definition) is 2. The van der Waals surface area contributed by atoms with Crippen molar-refractivity contribution in [2.24, 2.45) is 7.05 Å². The molecule has 1 aliphatic carbocycles. The van der Waals surface area contributed by atoms with Crippen molar-refractivity contribution < 1.29 is 8.42 Å². The van der Waals surface area contributed by atoms with E-state index in [9.17, 15) is 8.42 Å². The average Bonchev–Trinajstić information content (AvgIpc) is 2.88. The molecule has 0 spiro atoms. The summed E-state index contributed by atoms with van der Waals surface area (Å²) in [5.74, 6) is 0. The van der Waals surface area contributed by atoms with E-state index in [2.05, 4.69) is 28.5 Å². The topological polar surface area (TPSA) is 51.1 Å². The fourth-order valence-electron chi connectivity index (χ4n) is 3.78. The van der Waals surface area contributed by atoms with E-state index < -0.39 is 10.0 Å². The molecule has 1 heterocycles. The number of aromatic nitrogens is 1. The highest BCUT2D eigenvalue weighted by Crippen LogP contribution is 2.32. The number of nitrogens with one attached hydrogen (secondary N) is 1. The minimum atomic E-state index is -3.63. The molecule has 4 rings (SSSR count). The second kappa shape index (κ2) is 6.16. The number of fused-ring (bicyclic) bond motifs is 3. The van der Waals surface area contributed by atoms with Crippen molar-refractivity contribution in [2.75, 3.05) is 0 Å². The standard InChI is InChI=1S/C19H19ClN2O2S/c1-22-17-8-4-2-6-14(17)15-12-13(10-11-18(15)22)21-25(23,24)19-9-5-3-7-16(19)20/h2-9,13,21H,10-12H2,1H3. The molecule has 1 unspecified atom stereocenters. The number of para-hydroxylation sites is 1. The van der Waals surface area contributed by atoms with Gasteiger partial charge in [-0.05, 0) is 43.0 Å². The number of sulfonamides is 1. The van der Waals surface area contributed by atoms with Crippen LogP contribution in [0.1, 0.15) is 17.7 Å². The van der Waals surface area contributed by atoms with E-state index in [0.717, 1.165) is 12.8 Å². The van der Waals surface area contributed by atoms with Crippen LogP contribution < -0.4 is 4.72 Å². The smallest absolute Gasteiger partial charge is 0.242 e. The molecule has 0 fully saturated rings. The summed E-state index contributed by atoms with van der Waals surface area (Å²) in [7, 11) is -1.55. The van der Waals surface area contributed by atoms with Gasteiger partial charge in [-0.3, -0.25) is 0 Å². The lowest BCUT2D eigenvalue weighted by atomic mass is 9.92. The SMILES string of the molecule is Cn1c2c(c3ccccc31)CC(NS(=O)(=O)c1ccccc1Cl)CC2. The number of rotatable bonds is 3. The molecule has 1 N–H and O–H groups in total. The van der Waals surface area contributed by atoms with E-state index in [4.69, 9.17) is 11.6 Å². The third-order valence-corrected chi connectivity index (χ3v) is 6.99. The van der Waals surface area contributed by atoms with Crippen LogP contribution in [0.15, 0.2) is 53.4 Å². The van der Waals surface area contributed by atoms with Gasteiger partial charge in [0.25, 0.3) is 0 Å². The molecular weight excluding hydrogens is 356 g/mol. The Morgan fingerprint density at radius 1 is 1.12 bits per heavy atom. The van der Waals surface area contributed by atoms with Crippen molar-refractivity contribution in [3.8, 4) is 0 Å². The predicted octanol–water partition coefficient (Wildman–Crippen LogP) is 3.67. The average molecular weight is 375 g/mol. The maximum Gasteiger partial charge on any atom is 0.242 e. The second-order valence-electron chi connectivity index (χ2n) is 6.49. The summed E-state index contributed by atoms with van der Waals surface area (Å²) in [5.41, 5.74) is 3.74. The summed E-state index contributed by atoms with van der Waals surface area (Å²) < 4.78 is 30.5. The summed E-state index contributed by atoms with van der Waals surface area (Å²) in [4.78, 5) is 0.139. The fourth-order valence-corrected chi connectivity index (χ4v) is 5.57. The Morgan fingerprint density at radius 3 is 2.64 bits per heavy atom. The summed E-state index contributed by atoms with van der Waals surface area (Å²) in [6, 6.07) is 14.7. The molecule has 25 heavy (non-hydrogen) atoms. The molecule has 1 aromatic heterocycles. The van der Waals surface area contributed by atoms with Gasteiger partial charge in [0.05, 0.1) is 5.02 Å². The van der Waals surface area contributed by atoms with Crippen LogP contribution in [0.25, 0.3) is 10.9 Å². The zero-order chi connectivity index (χ0) is 17.6. The molecule has 130 valence electrons. The van der Waals surface area contributed by atoms with E-state index in [0.29, 0.717) is 6.42 Å². The van der Waals surface area contributed by atoms with Crippen molar-refractivity contribution in [1.29, 1.82) is 0 Å². The van der Waals surface area contributed by atoms with Gasteiger partial charge >= 0.3 is 0 Å². The van der Waals surface area contributed by atoms with Crippen molar-refractivity contribution in [3.05, 3.63) is 64.8 Å². The molecule has 0 saturated heterocycles. The molecule has 3 aromatic rings. The summed E-state index contributed by atoms with van der Waals surface area (Å²) in [5, 5.41) is 1.46. The van der Waals surface area contributed by atoms with Crippen LogP contribution in [-0.2, 0) is 29.9 Å². The predicted molar refractivity (Wildman–Crippen MR) is 101 cm³/mol. The highest BCUT2D eigenvalue weighted by Gasteiger charge is 2.28. The minimum Gasteiger partial charge on any atom is -0.347 e. The van der Waals surface area contributed by atoms with Gasteiger partial charge in [-0.1, -0.05) is 41.9 Å². The number of hydrogen-bond donors (Lipinski definition) is 1. The van der Waals surface area contributed by atoms with Gasteiger partial charge in [0, 0.05) is 29.7 Å². The summed E-state index contributed by atoms with van der Waals surface area (Å²) in [6.45, 7) is 0. The molecule has 0 aliphatic heterocycles. The van der Waals surface area contributed by atoms with Crippen molar-refractivity contribution in [2.45, 2.75) is 30.2 Å². The molecule has 2 aromatic carbocycles. The molecule has 0 radical (unpaired) electrons. The molecule has 0 bridgehead atoms. The van der Waals surface area contributed by atoms with Crippen molar-refractivity contribution in [3.63, 3.8) is 0 Å². The Bertz CT molecular complexity index is 1060. The van der Waals surface area contributed by atoms with Gasteiger partial charge < -0.3 is 4.57 Å². The Hall–Kier alpha value is -1.82. The molecule has 0 saturated carbocycles. The van der Waals surface area contributed by atoms with Crippen molar-refractivity contribution >= 4 is 32.5 Å². The lowest BCUT2D eigenvalue weighted by Crippen LogP contribution is -2.39. The minimum absolute atomic E-state index is 0.125. The zero-order valence-corrected chi connectivity index (χ0v) is 15.4. The molecule has 1 atom stereocenters. The van der Waals surface area contributed by atoms with Gasteiger partial charge in [-0.15, -0.1) is 0 Å². The van der Waals surface area contributed by atoms with Gasteiger partial charge in [-0.2, -0.15) is 0 Å². The van der Waals surface area contributed by atoms with Crippen LogP contribution in [-0.4, -0.2) is 19.0 Å². The molecular formula is C19H19ClN2O2S.